The first-order valence-corrected chi connectivity index (χ1v) is 8.36. The molecule has 1 aromatic heterocycles. The number of hydrogen-bond acceptors (Lipinski definition) is 3. The van der Waals surface area contributed by atoms with E-state index in [-0.39, 0.29) is 0 Å². The second kappa shape index (κ2) is 6.75. The smallest absolute Gasteiger partial charge is 0.215 e. The predicted molar refractivity (Wildman–Crippen MR) is 98.2 cm³/mol. The molecule has 0 aliphatic heterocycles. The summed E-state index contributed by atoms with van der Waals surface area (Å²) in [5.74, 6) is 0. The molecule has 0 radical (unpaired) electrons. The lowest BCUT2D eigenvalue weighted by Gasteiger charge is -2.10. The Hall–Kier alpha value is -2.46. The average molecular weight is 321 g/mol. The number of aromatic nitrogens is 1. The predicted octanol–water partition coefficient (Wildman–Crippen LogP) is 4.81. The SMILES string of the molecule is CC(C)=N/N=c1\sc(C)c(-c2ccccc2)n1-c1ccccc1. The molecule has 0 bridgehead atoms. The molecule has 0 fully saturated rings. The van der Waals surface area contributed by atoms with Crippen molar-refractivity contribution in [3.8, 4) is 16.9 Å². The topological polar surface area (TPSA) is 29.6 Å². The summed E-state index contributed by atoms with van der Waals surface area (Å²) in [5, 5.41) is 8.72. The van der Waals surface area contributed by atoms with E-state index in [1.807, 2.05) is 38.1 Å². The number of thiazole rings is 1. The lowest BCUT2D eigenvalue weighted by molar-refractivity contribution is 0.967. The van der Waals surface area contributed by atoms with E-state index in [9.17, 15) is 0 Å². The molecule has 0 atom stereocenters. The summed E-state index contributed by atoms with van der Waals surface area (Å²) >= 11 is 1.66. The Bertz CT molecular complexity index is 883. The van der Waals surface area contributed by atoms with Gasteiger partial charge in [-0.2, -0.15) is 5.10 Å². The molecule has 116 valence electrons. The molecule has 0 N–H and O–H groups in total. The van der Waals surface area contributed by atoms with Crippen molar-refractivity contribution in [2.24, 2.45) is 10.2 Å². The van der Waals surface area contributed by atoms with Crippen molar-refractivity contribution in [2.45, 2.75) is 20.8 Å². The van der Waals surface area contributed by atoms with Crippen LogP contribution in [0, 0.1) is 6.92 Å². The fraction of sp³-hybridized carbons (Fsp3) is 0.158. The molecule has 0 aliphatic carbocycles. The zero-order valence-electron chi connectivity index (χ0n) is 13.5. The molecule has 0 saturated carbocycles. The van der Waals surface area contributed by atoms with Gasteiger partial charge in [-0.25, -0.2) is 0 Å². The van der Waals surface area contributed by atoms with E-state index in [4.69, 9.17) is 0 Å². The monoisotopic (exact) mass is 321 g/mol. The Balaban J connectivity index is 2.33. The Morgan fingerprint density at radius 3 is 2.13 bits per heavy atom. The van der Waals surface area contributed by atoms with Crippen LogP contribution < -0.4 is 4.80 Å². The maximum absolute atomic E-state index is 4.46. The maximum Gasteiger partial charge on any atom is 0.215 e. The van der Waals surface area contributed by atoms with Gasteiger partial charge >= 0.3 is 0 Å². The number of aryl methyl sites for hydroxylation is 1. The molecular weight excluding hydrogens is 302 g/mol. The standard InChI is InChI=1S/C19H19N3S/c1-14(2)20-21-19-22(17-12-8-5-9-13-17)18(15(3)23-19)16-10-6-4-7-11-16/h4-13H,1-3H3/b21-19-. The van der Waals surface area contributed by atoms with Crippen LogP contribution in [-0.2, 0) is 0 Å². The molecule has 0 aliphatic rings. The molecule has 0 amide bonds. The van der Waals surface area contributed by atoms with E-state index < -0.39 is 0 Å². The minimum absolute atomic E-state index is 0.883. The van der Waals surface area contributed by atoms with Crippen LogP contribution in [0.15, 0.2) is 70.9 Å². The van der Waals surface area contributed by atoms with Crippen molar-refractivity contribution < 1.29 is 0 Å². The molecule has 3 rings (SSSR count). The Labute approximate surface area is 140 Å². The van der Waals surface area contributed by atoms with Crippen LogP contribution in [0.1, 0.15) is 18.7 Å². The van der Waals surface area contributed by atoms with Gasteiger partial charge in [0, 0.05) is 16.3 Å². The highest BCUT2D eigenvalue weighted by Crippen LogP contribution is 2.27. The molecular formula is C19H19N3S. The van der Waals surface area contributed by atoms with Crippen LogP contribution in [0.4, 0.5) is 0 Å². The Morgan fingerprint density at radius 2 is 1.52 bits per heavy atom. The normalized spacial score (nSPS) is 11.5. The summed E-state index contributed by atoms with van der Waals surface area (Å²) in [4.78, 5) is 2.11. The fourth-order valence-corrected chi connectivity index (χ4v) is 3.39. The third-order valence-electron chi connectivity index (χ3n) is 3.39. The van der Waals surface area contributed by atoms with Crippen molar-refractivity contribution in [1.29, 1.82) is 0 Å². The summed E-state index contributed by atoms with van der Waals surface area (Å²) < 4.78 is 2.18. The first kappa shape index (κ1) is 15.4. The van der Waals surface area contributed by atoms with Crippen LogP contribution in [0.5, 0.6) is 0 Å². The van der Waals surface area contributed by atoms with E-state index in [0.717, 1.165) is 16.2 Å². The van der Waals surface area contributed by atoms with Gasteiger partial charge in [0.25, 0.3) is 0 Å². The lowest BCUT2D eigenvalue weighted by atomic mass is 10.1. The van der Waals surface area contributed by atoms with E-state index in [1.165, 1.54) is 16.1 Å². The number of hydrogen-bond donors (Lipinski definition) is 0. The number of rotatable bonds is 3. The maximum atomic E-state index is 4.46. The highest BCUT2D eigenvalue weighted by Gasteiger charge is 2.13. The molecule has 2 aromatic carbocycles. The molecule has 0 unspecified atom stereocenters. The first-order chi connectivity index (χ1) is 11.2. The highest BCUT2D eigenvalue weighted by atomic mass is 32.1. The van der Waals surface area contributed by atoms with Gasteiger partial charge in [-0.15, -0.1) is 5.10 Å². The second-order valence-corrected chi connectivity index (χ2v) is 6.66. The summed E-state index contributed by atoms with van der Waals surface area (Å²) in [5.41, 5.74) is 4.39. The zero-order chi connectivity index (χ0) is 16.2. The molecule has 1 heterocycles. The number of benzene rings is 2. The van der Waals surface area contributed by atoms with Crippen molar-refractivity contribution in [2.75, 3.05) is 0 Å². The first-order valence-electron chi connectivity index (χ1n) is 7.55. The van der Waals surface area contributed by atoms with Crippen LogP contribution in [0.25, 0.3) is 16.9 Å². The quantitative estimate of drug-likeness (QED) is 0.489. The number of nitrogens with zero attached hydrogens (tertiary/aromatic N) is 3. The summed E-state index contributed by atoms with van der Waals surface area (Å²) in [7, 11) is 0. The minimum Gasteiger partial charge on any atom is -0.283 e. The van der Waals surface area contributed by atoms with Gasteiger partial charge in [0.1, 0.15) is 0 Å². The molecule has 0 saturated heterocycles. The van der Waals surface area contributed by atoms with Gasteiger partial charge in [0.05, 0.1) is 5.69 Å². The largest absolute Gasteiger partial charge is 0.283 e. The Morgan fingerprint density at radius 1 is 0.913 bits per heavy atom. The fourth-order valence-electron chi connectivity index (χ4n) is 2.44. The van der Waals surface area contributed by atoms with E-state index in [2.05, 4.69) is 58.1 Å². The molecule has 3 aromatic rings. The summed E-state index contributed by atoms with van der Waals surface area (Å²) in [6.45, 7) is 6.04. The van der Waals surface area contributed by atoms with E-state index in [1.54, 1.807) is 11.3 Å². The molecule has 0 spiro atoms. The Kier molecular flexibility index (Phi) is 4.53. The van der Waals surface area contributed by atoms with Crippen molar-refractivity contribution in [1.82, 2.24) is 4.57 Å². The van der Waals surface area contributed by atoms with Crippen LogP contribution in [0.3, 0.4) is 0 Å². The summed E-state index contributed by atoms with van der Waals surface area (Å²) in [6, 6.07) is 20.7. The second-order valence-electron chi connectivity index (χ2n) is 5.47. The zero-order valence-corrected chi connectivity index (χ0v) is 14.3. The minimum atomic E-state index is 0.883. The highest BCUT2D eigenvalue weighted by molar-refractivity contribution is 7.09. The summed E-state index contributed by atoms with van der Waals surface area (Å²) in [6.07, 6.45) is 0. The van der Waals surface area contributed by atoms with Crippen molar-refractivity contribution in [3.63, 3.8) is 0 Å². The molecule has 3 nitrogen and oxygen atoms in total. The van der Waals surface area contributed by atoms with E-state index >= 15 is 0 Å². The van der Waals surface area contributed by atoms with Crippen molar-refractivity contribution >= 4 is 17.0 Å². The van der Waals surface area contributed by atoms with Gasteiger partial charge in [-0.3, -0.25) is 4.57 Å². The van der Waals surface area contributed by atoms with Gasteiger partial charge < -0.3 is 0 Å². The van der Waals surface area contributed by atoms with Gasteiger partial charge in [0.2, 0.25) is 4.80 Å². The van der Waals surface area contributed by atoms with Gasteiger partial charge in [-0.05, 0) is 38.5 Å². The van der Waals surface area contributed by atoms with Gasteiger partial charge in [-0.1, -0.05) is 59.9 Å². The average Bonchev–Trinajstić information content (AvgIpc) is 2.91. The molecule has 23 heavy (non-hydrogen) atoms. The van der Waals surface area contributed by atoms with Gasteiger partial charge in [0.15, 0.2) is 0 Å². The number of para-hydroxylation sites is 1. The third-order valence-corrected chi connectivity index (χ3v) is 4.34. The lowest BCUT2D eigenvalue weighted by Crippen LogP contribution is -2.13. The van der Waals surface area contributed by atoms with Crippen LogP contribution in [-0.4, -0.2) is 10.3 Å². The van der Waals surface area contributed by atoms with Crippen molar-refractivity contribution in [3.05, 3.63) is 70.3 Å². The van der Waals surface area contributed by atoms with Crippen LogP contribution >= 0.6 is 11.3 Å². The van der Waals surface area contributed by atoms with Crippen LogP contribution in [0.2, 0.25) is 0 Å². The molecule has 4 heteroatoms. The third kappa shape index (κ3) is 3.32. The van der Waals surface area contributed by atoms with E-state index in [0.29, 0.717) is 0 Å².